The summed E-state index contributed by atoms with van der Waals surface area (Å²) >= 11 is 14.2. The Hall–Kier alpha value is -0.610. The first-order valence-corrected chi connectivity index (χ1v) is 8.27. The molecule has 108 valence electrons. The minimum absolute atomic E-state index is 0.698. The summed E-state index contributed by atoms with van der Waals surface area (Å²) < 4.78 is 0. The minimum atomic E-state index is 0.698. The molecule has 0 spiro atoms. The summed E-state index contributed by atoms with van der Waals surface area (Å²) in [5.41, 5.74) is 2.16. The monoisotopic (exact) mass is 328 g/mol. The molecule has 0 aliphatic rings. The smallest absolute Gasteiger partial charge is 0.0976 e. The van der Waals surface area contributed by atoms with E-state index in [1.165, 1.54) is 10.6 Å². The molecule has 0 aliphatic heterocycles. The molecule has 2 aromatic rings. The Morgan fingerprint density at radius 2 is 1.95 bits per heavy atom. The molecule has 0 saturated heterocycles. The number of hydrogen-bond donors (Lipinski definition) is 1. The highest BCUT2D eigenvalue weighted by atomic mass is 35.5. The Bertz CT molecular complexity index is 537. The standard InChI is InChI=1S/C15H18Cl2N2S/c1-3-5-13-14(9-18-2)20-15(19-13)8-10-11(16)6-4-7-12(10)17/h4,6-7,18H,3,5,8-9H2,1-2H3. The molecule has 0 bridgehead atoms. The molecule has 1 N–H and O–H groups in total. The first kappa shape index (κ1) is 15.8. The SMILES string of the molecule is CCCc1nc(Cc2c(Cl)cccc2Cl)sc1CNC. The van der Waals surface area contributed by atoms with Crippen LogP contribution in [-0.2, 0) is 19.4 Å². The van der Waals surface area contributed by atoms with Crippen LogP contribution in [0, 0.1) is 0 Å². The average Bonchev–Trinajstić information content (AvgIpc) is 2.77. The van der Waals surface area contributed by atoms with Gasteiger partial charge in [0.2, 0.25) is 0 Å². The predicted octanol–water partition coefficient (Wildman–Crippen LogP) is 4.71. The number of halogens is 2. The molecule has 5 heteroatoms. The molecule has 20 heavy (non-hydrogen) atoms. The lowest BCUT2D eigenvalue weighted by atomic mass is 10.1. The Morgan fingerprint density at radius 1 is 1.25 bits per heavy atom. The maximum Gasteiger partial charge on any atom is 0.0976 e. The third kappa shape index (κ3) is 3.73. The summed E-state index contributed by atoms with van der Waals surface area (Å²) in [5, 5.41) is 5.70. The van der Waals surface area contributed by atoms with Crippen LogP contribution >= 0.6 is 34.5 Å². The zero-order chi connectivity index (χ0) is 14.5. The summed E-state index contributed by atoms with van der Waals surface area (Å²) in [4.78, 5) is 6.07. The summed E-state index contributed by atoms with van der Waals surface area (Å²) in [6.45, 7) is 3.04. The maximum atomic E-state index is 6.23. The highest BCUT2D eigenvalue weighted by Gasteiger charge is 2.13. The summed E-state index contributed by atoms with van der Waals surface area (Å²) in [6.07, 6.45) is 2.82. The number of nitrogens with zero attached hydrogens (tertiary/aromatic N) is 1. The molecule has 0 atom stereocenters. The van der Waals surface area contributed by atoms with E-state index in [-0.39, 0.29) is 0 Å². The number of hydrogen-bond acceptors (Lipinski definition) is 3. The van der Waals surface area contributed by atoms with Gasteiger partial charge in [0.1, 0.15) is 0 Å². The van der Waals surface area contributed by atoms with Gasteiger partial charge in [-0.2, -0.15) is 0 Å². The van der Waals surface area contributed by atoms with Gasteiger partial charge in [-0.05, 0) is 31.2 Å². The Kier molecular flexibility index (Phi) is 5.85. The van der Waals surface area contributed by atoms with E-state index < -0.39 is 0 Å². The molecule has 2 rings (SSSR count). The van der Waals surface area contributed by atoms with Crippen molar-refractivity contribution in [1.29, 1.82) is 0 Å². The minimum Gasteiger partial charge on any atom is -0.315 e. The predicted molar refractivity (Wildman–Crippen MR) is 88.1 cm³/mol. The Balaban J connectivity index is 2.27. The van der Waals surface area contributed by atoms with Crippen molar-refractivity contribution < 1.29 is 0 Å². The van der Waals surface area contributed by atoms with Gasteiger partial charge in [-0.25, -0.2) is 4.98 Å². The number of thiazole rings is 1. The van der Waals surface area contributed by atoms with Crippen LogP contribution in [0.3, 0.4) is 0 Å². The number of benzene rings is 1. The van der Waals surface area contributed by atoms with Crippen LogP contribution in [0.25, 0.3) is 0 Å². The third-order valence-electron chi connectivity index (χ3n) is 3.04. The molecule has 0 fully saturated rings. The molecular formula is C15H18Cl2N2S. The fourth-order valence-electron chi connectivity index (χ4n) is 2.10. The lowest BCUT2D eigenvalue weighted by molar-refractivity contribution is 0.796. The quantitative estimate of drug-likeness (QED) is 0.830. The van der Waals surface area contributed by atoms with Crippen LogP contribution in [-0.4, -0.2) is 12.0 Å². The normalized spacial score (nSPS) is 11.0. The molecule has 0 saturated carbocycles. The van der Waals surface area contributed by atoms with Gasteiger partial charge >= 0.3 is 0 Å². The maximum absolute atomic E-state index is 6.23. The van der Waals surface area contributed by atoms with Crippen LogP contribution in [0.15, 0.2) is 18.2 Å². The fraction of sp³-hybridized carbons (Fsp3) is 0.400. The summed E-state index contributed by atoms with van der Waals surface area (Å²) in [6, 6.07) is 5.61. The second kappa shape index (κ2) is 7.41. The Labute approximate surface area is 134 Å². The first-order valence-electron chi connectivity index (χ1n) is 6.70. The van der Waals surface area contributed by atoms with Crippen molar-refractivity contribution in [2.75, 3.05) is 7.05 Å². The Morgan fingerprint density at radius 3 is 2.55 bits per heavy atom. The van der Waals surface area contributed by atoms with Gasteiger partial charge in [-0.15, -0.1) is 11.3 Å². The number of aryl methyl sites for hydroxylation is 1. The topological polar surface area (TPSA) is 24.9 Å². The highest BCUT2D eigenvalue weighted by molar-refractivity contribution is 7.11. The zero-order valence-electron chi connectivity index (χ0n) is 11.7. The summed E-state index contributed by atoms with van der Waals surface area (Å²) in [5.74, 6) is 0. The van der Waals surface area contributed by atoms with Crippen LogP contribution in [0.5, 0.6) is 0 Å². The van der Waals surface area contributed by atoms with E-state index >= 15 is 0 Å². The molecule has 0 radical (unpaired) electrons. The number of nitrogens with one attached hydrogen (secondary N) is 1. The van der Waals surface area contributed by atoms with Gasteiger partial charge in [0.25, 0.3) is 0 Å². The number of rotatable bonds is 6. The zero-order valence-corrected chi connectivity index (χ0v) is 14.0. The highest BCUT2D eigenvalue weighted by Crippen LogP contribution is 2.29. The van der Waals surface area contributed by atoms with E-state index in [9.17, 15) is 0 Å². The van der Waals surface area contributed by atoms with Gasteiger partial charge in [0.15, 0.2) is 0 Å². The van der Waals surface area contributed by atoms with E-state index in [0.717, 1.165) is 30.0 Å². The van der Waals surface area contributed by atoms with Gasteiger partial charge in [-0.1, -0.05) is 42.6 Å². The fourth-order valence-corrected chi connectivity index (χ4v) is 3.77. The van der Waals surface area contributed by atoms with Crippen molar-refractivity contribution in [1.82, 2.24) is 10.3 Å². The molecular weight excluding hydrogens is 311 g/mol. The lowest BCUT2D eigenvalue weighted by Crippen LogP contribution is -2.05. The largest absolute Gasteiger partial charge is 0.315 e. The second-order valence-corrected chi connectivity index (χ2v) is 6.62. The average molecular weight is 329 g/mol. The molecule has 1 aromatic carbocycles. The van der Waals surface area contributed by atoms with Crippen molar-refractivity contribution >= 4 is 34.5 Å². The van der Waals surface area contributed by atoms with E-state index in [1.807, 2.05) is 25.2 Å². The van der Waals surface area contributed by atoms with E-state index in [1.54, 1.807) is 11.3 Å². The van der Waals surface area contributed by atoms with Crippen LogP contribution in [0.4, 0.5) is 0 Å². The molecule has 0 aliphatic carbocycles. The van der Waals surface area contributed by atoms with E-state index in [2.05, 4.69) is 12.2 Å². The first-order chi connectivity index (χ1) is 9.65. The van der Waals surface area contributed by atoms with Crippen molar-refractivity contribution in [3.05, 3.63) is 49.4 Å². The lowest BCUT2D eigenvalue weighted by Gasteiger charge is -2.04. The van der Waals surface area contributed by atoms with Crippen molar-refractivity contribution in [2.45, 2.75) is 32.7 Å². The van der Waals surface area contributed by atoms with E-state index in [4.69, 9.17) is 28.2 Å². The van der Waals surface area contributed by atoms with Crippen LogP contribution in [0.1, 0.15) is 34.5 Å². The second-order valence-electron chi connectivity index (χ2n) is 4.63. The molecule has 0 amide bonds. The van der Waals surface area contributed by atoms with E-state index in [0.29, 0.717) is 16.5 Å². The molecule has 2 nitrogen and oxygen atoms in total. The van der Waals surface area contributed by atoms with Crippen molar-refractivity contribution in [3.63, 3.8) is 0 Å². The van der Waals surface area contributed by atoms with Crippen molar-refractivity contribution in [2.24, 2.45) is 0 Å². The molecule has 0 unspecified atom stereocenters. The van der Waals surface area contributed by atoms with Gasteiger partial charge in [0.05, 0.1) is 10.7 Å². The van der Waals surface area contributed by atoms with Crippen LogP contribution < -0.4 is 5.32 Å². The van der Waals surface area contributed by atoms with Gasteiger partial charge in [-0.3, -0.25) is 0 Å². The molecule has 1 aromatic heterocycles. The summed E-state index contributed by atoms with van der Waals surface area (Å²) in [7, 11) is 1.96. The van der Waals surface area contributed by atoms with Gasteiger partial charge in [0, 0.05) is 27.9 Å². The van der Waals surface area contributed by atoms with Crippen molar-refractivity contribution in [3.8, 4) is 0 Å². The van der Waals surface area contributed by atoms with Crippen LogP contribution in [0.2, 0.25) is 10.0 Å². The molecule has 1 heterocycles. The van der Waals surface area contributed by atoms with Gasteiger partial charge < -0.3 is 5.32 Å². The number of aromatic nitrogens is 1. The third-order valence-corrected chi connectivity index (χ3v) is 4.84.